The smallest absolute Gasteiger partial charge is 0.178 e. The van der Waals surface area contributed by atoms with Gasteiger partial charge in [-0.1, -0.05) is 41.7 Å². The van der Waals surface area contributed by atoms with Gasteiger partial charge in [0, 0.05) is 5.56 Å². The molecule has 0 bridgehead atoms. The first-order valence-corrected chi connectivity index (χ1v) is 7.78. The monoisotopic (exact) mass is 337 g/mol. The molecule has 108 valence electrons. The van der Waals surface area contributed by atoms with Gasteiger partial charge < -0.3 is 0 Å². The second kappa shape index (κ2) is 6.10. The molecule has 0 unspecified atom stereocenters. The van der Waals surface area contributed by atoms with E-state index in [1.807, 2.05) is 18.2 Å². The van der Waals surface area contributed by atoms with Crippen molar-refractivity contribution in [2.24, 2.45) is 0 Å². The summed E-state index contributed by atoms with van der Waals surface area (Å²) in [4.78, 5) is 8.17. The molecular formula is C15H4FN5S2. The Morgan fingerprint density at radius 2 is 1.52 bits per heavy atom. The van der Waals surface area contributed by atoms with E-state index in [1.165, 1.54) is 12.1 Å². The summed E-state index contributed by atoms with van der Waals surface area (Å²) in [5.74, 6) is -0.495. The van der Waals surface area contributed by atoms with Gasteiger partial charge in [-0.3, -0.25) is 0 Å². The minimum absolute atomic E-state index is 0.0648. The van der Waals surface area contributed by atoms with Gasteiger partial charge >= 0.3 is 0 Å². The first kappa shape index (κ1) is 15.1. The zero-order valence-corrected chi connectivity index (χ0v) is 12.9. The lowest BCUT2D eigenvalue weighted by Crippen LogP contribution is -1.96. The molecule has 2 aromatic rings. The first-order chi connectivity index (χ1) is 11.2. The number of nitrogens with zero attached hydrogens (tertiary/aromatic N) is 5. The highest BCUT2D eigenvalue weighted by Gasteiger charge is 2.27. The van der Waals surface area contributed by atoms with Crippen molar-refractivity contribution in [3.63, 3.8) is 0 Å². The van der Waals surface area contributed by atoms with E-state index >= 15 is 0 Å². The van der Waals surface area contributed by atoms with Crippen molar-refractivity contribution in [2.45, 2.75) is 10.1 Å². The topological polar surface area (TPSA) is 97.1 Å². The summed E-state index contributed by atoms with van der Waals surface area (Å²) >= 11 is 2.28. The maximum atomic E-state index is 13.9. The fraction of sp³-hybridized carbons (Fsp3) is 0. The van der Waals surface area contributed by atoms with Gasteiger partial charge in [0.25, 0.3) is 0 Å². The molecule has 0 aliphatic carbocycles. The van der Waals surface area contributed by atoms with Crippen LogP contribution in [0.4, 0.5) is 4.39 Å². The number of hydrogen-bond acceptors (Lipinski definition) is 7. The van der Waals surface area contributed by atoms with Crippen LogP contribution in [0.1, 0.15) is 17.0 Å². The summed E-state index contributed by atoms with van der Waals surface area (Å²) in [5.41, 5.74) is 0.240. The average molecular weight is 337 g/mol. The Hall–Kier alpha value is -2.86. The zero-order chi connectivity index (χ0) is 16.4. The van der Waals surface area contributed by atoms with Crippen LogP contribution in [0.25, 0.3) is 5.57 Å². The molecule has 0 fully saturated rings. The van der Waals surface area contributed by atoms with Crippen molar-refractivity contribution in [2.75, 3.05) is 0 Å². The molecule has 0 radical (unpaired) electrons. The molecule has 5 nitrogen and oxygen atoms in total. The number of halogens is 1. The molecular weight excluding hydrogens is 333 g/mol. The number of thioether (sulfide) groups is 2. The fourth-order valence-electron chi connectivity index (χ4n) is 1.87. The van der Waals surface area contributed by atoms with Gasteiger partial charge in [0.15, 0.2) is 11.4 Å². The predicted molar refractivity (Wildman–Crippen MR) is 82.1 cm³/mol. The maximum Gasteiger partial charge on any atom is 0.178 e. The standard InChI is InChI=1S/C15H4FN5S2/c16-10-4-2-1-3-8(10)9(5-17)15-22-13-14(23-15)21-12(7-19)11(6-18)20-13/h1-4H. The molecule has 8 heteroatoms. The minimum Gasteiger partial charge on any atom is -0.224 e. The number of benzene rings is 1. The van der Waals surface area contributed by atoms with Crippen molar-refractivity contribution in [3.8, 4) is 18.2 Å². The summed E-state index contributed by atoms with van der Waals surface area (Å²) in [6.45, 7) is 0. The van der Waals surface area contributed by atoms with Crippen LogP contribution in [0, 0.1) is 39.8 Å². The van der Waals surface area contributed by atoms with Gasteiger partial charge in [-0.05, 0) is 6.07 Å². The summed E-state index contributed by atoms with van der Waals surface area (Å²) < 4.78 is 14.4. The van der Waals surface area contributed by atoms with Gasteiger partial charge in [-0.2, -0.15) is 15.8 Å². The quantitative estimate of drug-likeness (QED) is 0.735. The fourth-order valence-corrected chi connectivity index (χ4v) is 4.17. The van der Waals surface area contributed by atoms with Gasteiger partial charge in [0.1, 0.15) is 34.1 Å². The van der Waals surface area contributed by atoms with Crippen LogP contribution in [-0.4, -0.2) is 9.97 Å². The average Bonchev–Trinajstić information content (AvgIpc) is 2.98. The second-order valence-electron chi connectivity index (χ2n) is 4.21. The largest absolute Gasteiger partial charge is 0.224 e. The van der Waals surface area contributed by atoms with E-state index < -0.39 is 5.82 Å². The third kappa shape index (κ3) is 2.64. The Bertz CT molecular complexity index is 934. The molecule has 0 atom stereocenters. The molecule has 1 aromatic heterocycles. The van der Waals surface area contributed by atoms with Crippen molar-refractivity contribution < 1.29 is 4.39 Å². The van der Waals surface area contributed by atoms with Gasteiger partial charge in [-0.15, -0.1) is 0 Å². The van der Waals surface area contributed by atoms with Gasteiger partial charge in [0.05, 0.1) is 9.81 Å². The van der Waals surface area contributed by atoms with E-state index in [0.29, 0.717) is 14.3 Å². The summed E-state index contributed by atoms with van der Waals surface area (Å²) in [6, 6.07) is 11.6. The van der Waals surface area contributed by atoms with E-state index in [4.69, 9.17) is 10.5 Å². The maximum absolute atomic E-state index is 13.9. The number of hydrogen-bond donors (Lipinski definition) is 0. The Kier molecular flexibility index (Phi) is 3.99. The Morgan fingerprint density at radius 3 is 2.00 bits per heavy atom. The first-order valence-electron chi connectivity index (χ1n) is 6.15. The molecule has 0 saturated carbocycles. The Morgan fingerprint density at radius 1 is 0.957 bits per heavy atom. The molecule has 0 saturated heterocycles. The third-order valence-corrected chi connectivity index (χ3v) is 5.25. The van der Waals surface area contributed by atoms with Crippen LogP contribution < -0.4 is 0 Å². The Labute approximate surface area is 139 Å². The SMILES string of the molecule is N#CC(=C1Sc2nc(C#N)c(C#N)nc2S1)c1ccccc1F. The lowest BCUT2D eigenvalue weighted by molar-refractivity contribution is 0.624. The Balaban J connectivity index is 2.11. The van der Waals surface area contributed by atoms with E-state index in [9.17, 15) is 9.65 Å². The van der Waals surface area contributed by atoms with E-state index in [2.05, 4.69) is 9.97 Å². The van der Waals surface area contributed by atoms with Crippen LogP contribution in [0.3, 0.4) is 0 Å². The molecule has 1 aliphatic rings. The second-order valence-corrected chi connectivity index (χ2v) is 6.47. The van der Waals surface area contributed by atoms with Crippen molar-refractivity contribution >= 4 is 29.1 Å². The molecule has 0 spiro atoms. The highest BCUT2D eigenvalue weighted by atomic mass is 32.2. The van der Waals surface area contributed by atoms with Gasteiger partial charge in [0.2, 0.25) is 0 Å². The summed E-state index contributed by atoms with van der Waals surface area (Å²) in [7, 11) is 0. The summed E-state index contributed by atoms with van der Waals surface area (Å²) in [6.07, 6.45) is 0. The molecule has 1 aliphatic heterocycles. The number of allylic oxidation sites excluding steroid dienone is 1. The molecule has 3 rings (SSSR count). The third-order valence-electron chi connectivity index (χ3n) is 2.88. The van der Waals surface area contributed by atoms with Crippen molar-refractivity contribution in [3.05, 3.63) is 51.3 Å². The highest BCUT2D eigenvalue weighted by Crippen LogP contribution is 2.52. The van der Waals surface area contributed by atoms with E-state index in [-0.39, 0.29) is 22.5 Å². The zero-order valence-electron chi connectivity index (χ0n) is 11.2. The van der Waals surface area contributed by atoms with Crippen LogP contribution >= 0.6 is 23.5 Å². The van der Waals surface area contributed by atoms with E-state index in [1.54, 1.807) is 12.1 Å². The molecule has 0 N–H and O–H groups in total. The normalized spacial score (nSPS) is 12.0. The van der Waals surface area contributed by atoms with Crippen molar-refractivity contribution in [1.29, 1.82) is 15.8 Å². The summed E-state index contributed by atoms with van der Waals surface area (Å²) in [5, 5.41) is 28.2. The van der Waals surface area contributed by atoms with Crippen LogP contribution in [0.2, 0.25) is 0 Å². The van der Waals surface area contributed by atoms with Gasteiger partial charge in [-0.25, -0.2) is 14.4 Å². The predicted octanol–water partition coefficient (Wildman–Crippen LogP) is 3.45. The molecule has 23 heavy (non-hydrogen) atoms. The lowest BCUT2D eigenvalue weighted by atomic mass is 10.1. The number of nitriles is 3. The van der Waals surface area contributed by atoms with Crippen LogP contribution in [-0.2, 0) is 0 Å². The number of rotatable bonds is 1. The van der Waals surface area contributed by atoms with Crippen LogP contribution in [0.5, 0.6) is 0 Å². The molecule has 0 amide bonds. The van der Waals surface area contributed by atoms with Crippen molar-refractivity contribution in [1.82, 2.24) is 9.97 Å². The number of aromatic nitrogens is 2. The molecule has 2 heterocycles. The molecule has 1 aromatic carbocycles. The van der Waals surface area contributed by atoms with Crippen LogP contribution in [0.15, 0.2) is 38.6 Å². The minimum atomic E-state index is -0.495. The van der Waals surface area contributed by atoms with E-state index in [0.717, 1.165) is 23.5 Å². The highest BCUT2D eigenvalue weighted by molar-refractivity contribution is 8.24. The number of fused-ring (bicyclic) bond motifs is 1. The lowest BCUT2D eigenvalue weighted by Gasteiger charge is -2.03.